The first-order chi connectivity index (χ1) is 5.46. The number of rotatable bonds is 4. The van der Waals surface area contributed by atoms with Gasteiger partial charge in [0.25, 0.3) is 0 Å². The number of sulfonamides is 1. The summed E-state index contributed by atoms with van der Waals surface area (Å²) >= 11 is 1.45. The van der Waals surface area contributed by atoms with E-state index in [1.165, 1.54) is 15.9 Å². The van der Waals surface area contributed by atoms with Gasteiger partial charge >= 0.3 is 10.8 Å². The van der Waals surface area contributed by atoms with Crippen LogP contribution in [0.4, 0.5) is 17.6 Å². The second kappa shape index (κ2) is 3.70. The summed E-state index contributed by atoms with van der Waals surface area (Å²) in [5, 5.41) is 4.36. The molecular formula is C4H6BrF4NO2S. The molecule has 13 heavy (non-hydrogen) atoms. The lowest BCUT2D eigenvalue weighted by Gasteiger charge is -2.20. The molecule has 0 aromatic carbocycles. The maximum atomic E-state index is 12.3. The Morgan fingerprint density at radius 2 is 1.62 bits per heavy atom. The first kappa shape index (κ1) is 13.1. The molecule has 0 heterocycles. The van der Waals surface area contributed by atoms with Crippen molar-refractivity contribution >= 4 is 26.0 Å². The predicted molar refractivity (Wildman–Crippen MR) is 41.4 cm³/mol. The van der Waals surface area contributed by atoms with E-state index in [2.05, 4.69) is 5.14 Å². The topological polar surface area (TPSA) is 60.2 Å². The molecule has 0 radical (unpaired) electrons. The van der Waals surface area contributed by atoms with Crippen LogP contribution in [0.2, 0.25) is 0 Å². The summed E-state index contributed by atoms with van der Waals surface area (Å²) in [6, 6.07) is 0. The zero-order chi connectivity index (χ0) is 10.9. The van der Waals surface area contributed by atoms with E-state index in [0.29, 0.717) is 0 Å². The molecule has 0 saturated heterocycles. The summed E-state index contributed by atoms with van der Waals surface area (Å²) in [6.07, 6.45) is -1.52. The van der Waals surface area contributed by atoms with Crippen LogP contribution in [0, 0.1) is 0 Å². The molecular weight excluding hydrogens is 282 g/mol. The summed E-state index contributed by atoms with van der Waals surface area (Å²) in [7, 11) is -4.15. The van der Waals surface area contributed by atoms with E-state index in [1.54, 1.807) is 0 Å². The van der Waals surface area contributed by atoms with Gasteiger partial charge in [0.05, 0.1) is 5.75 Å². The van der Waals surface area contributed by atoms with Gasteiger partial charge in [-0.25, -0.2) is 13.6 Å². The number of primary sulfonamides is 1. The fraction of sp³-hybridized carbons (Fsp3) is 1.00. The summed E-state index contributed by atoms with van der Waals surface area (Å²) in [6.45, 7) is 0. The molecule has 0 rings (SSSR count). The lowest BCUT2D eigenvalue weighted by atomic mass is 10.3. The van der Waals surface area contributed by atoms with Crippen molar-refractivity contribution < 1.29 is 26.0 Å². The maximum absolute atomic E-state index is 12.3. The van der Waals surface area contributed by atoms with Gasteiger partial charge in [0.1, 0.15) is 0 Å². The van der Waals surface area contributed by atoms with Gasteiger partial charge in [0.15, 0.2) is 0 Å². The first-order valence-corrected chi connectivity index (χ1v) is 5.41. The van der Waals surface area contributed by atoms with Crippen molar-refractivity contribution in [3.05, 3.63) is 0 Å². The Morgan fingerprint density at radius 1 is 1.23 bits per heavy atom. The van der Waals surface area contributed by atoms with E-state index >= 15 is 0 Å². The van der Waals surface area contributed by atoms with E-state index in [4.69, 9.17) is 0 Å². The second-order valence-electron chi connectivity index (χ2n) is 2.32. The van der Waals surface area contributed by atoms with Crippen LogP contribution in [0.1, 0.15) is 6.42 Å². The first-order valence-electron chi connectivity index (χ1n) is 2.91. The third-order valence-corrected chi connectivity index (χ3v) is 2.47. The third kappa shape index (κ3) is 4.77. The lowest BCUT2D eigenvalue weighted by molar-refractivity contribution is -0.147. The average molecular weight is 288 g/mol. The quantitative estimate of drug-likeness (QED) is 0.626. The van der Waals surface area contributed by atoms with Gasteiger partial charge in [0.2, 0.25) is 10.0 Å². The molecule has 0 bridgehead atoms. The van der Waals surface area contributed by atoms with E-state index in [1.807, 2.05) is 0 Å². The van der Waals surface area contributed by atoms with Crippen molar-refractivity contribution in [1.29, 1.82) is 0 Å². The monoisotopic (exact) mass is 287 g/mol. The van der Waals surface area contributed by atoms with Gasteiger partial charge in [-0.3, -0.25) is 0 Å². The highest BCUT2D eigenvalue weighted by atomic mass is 79.9. The normalized spacial score (nSPS) is 14.6. The van der Waals surface area contributed by atoms with Crippen LogP contribution in [-0.4, -0.2) is 24.9 Å². The molecule has 3 nitrogen and oxygen atoms in total. The van der Waals surface area contributed by atoms with Crippen LogP contribution in [0.3, 0.4) is 0 Å². The van der Waals surface area contributed by atoms with Gasteiger partial charge < -0.3 is 0 Å². The van der Waals surface area contributed by atoms with Gasteiger partial charge in [-0.2, -0.15) is 17.6 Å². The molecule has 2 N–H and O–H groups in total. The van der Waals surface area contributed by atoms with Gasteiger partial charge in [0, 0.05) is 6.42 Å². The molecule has 0 amide bonds. The largest absolute Gasteiger partial charge is 0.363 e. The third-order valence-electron chi connectivity index (χ3n) is 1.12. The summed E-state index contributed by atoms with van der Waals surface area (Å²) < 4.78 is 69.1. The fourth-order valence-electron chi connectivity index (χ4n) is 0.412. The number of hydrogen-bond donors (Lipinski definition) is 1. The van der Waals surface area contributed by atoms with Crippen LogP contribution in [0.15, 0.2) is 0 Å². The van der Waals surface area contributed by atoms with E-state index in [0.717, 1.165) is 0 Å². The van der Waals surface area contributed by atoms with Crippen LogP contribution in [0.25, 0.3) is 0 Å². The van der Waals surface area contributed by atoms with E-state index in [9.17, 15) is 26.0 Å². The molecule has 80 valence electrons. The zero-order valence-electron chi connectivity index (χ0n) is 6.11. The second-order valence-corrected chi connectivity index (χ2v) is 5.05. The number of halogens is 5. The Balaban J connectivity index is 4.38. The highest BCUT2D eigenvalue weighted by molar-refractivity contribution is 9.10. The smallest absolute Gasteiger partial charge is 0.229 e. The predicted octanol–water partition coefficient (Wildman–Crippen LogP) is 1.29. The van der Waals surface area contributed by atoms with E-state index in [-0.39, 0.29) is 0 Å². The maximum Gasteiger partial charge on any atom is 0.363 e. The molecule has 0 unspecified atom stereocenters. The highest BCUT2D eigenvalue weighted by Gasteiger charge is 2.54. The van der Waals surface area contributed by atoms with Crippen LogP contribution >= 0.6 is 15.9 Å². The van der Waals surface area contributed by atoms with Crippen LogP contribution in [-0.2, 0) is 10.0 Å². The van der Waals surface area contributed by atoms with Crippen molar-refractivity contribution in [1.82, 2.24) is 0 Å². The Kier molecular flexibility index (Phi) is 3.73. The van der Waals surface area contributed by atoms with E-state index < -0.39 is 33.0 Å². The van der Waals surface area contributed by atoms with Crippen molar-refractivity contribution in [3.63, 3.8) is 0 Å². The summed E-state index contributed by atoms with van der Waals surface area (Å²) in [5.41, 5.74) is 0. The molecule has 0 aliphatic heterocycles. The lowest BCUT2D eigenvalue weighted by Crippen LogP contribution is -2.37. The van der Waals surface area contributed by atoms with Crippen molar-refractivity contribution in [2.24, 2.45) is 5.14 Å². The fourth-order valence-corrected chi connectivity index (χ4v) is 1.15. The summed E-state index contributed by atoms with van der Waals surface area (Å²) in [4.78, 5) is -4.43. The molecule has 0 aliphatic carbocycles. The average Bonchev–Trinajstić information content (AvgIpc) is 1.79. The molecule has 0 aromatic rings. The number of nitrogens with two attached hydrogens (primary N) is 1. The SMILES string of the molecule is NS(=O)(=O)CCC(F)(F)C(F)(F)Br. The number of hydrogen-bond acceptors (Lipinski definition) is 2. The number of alkyl halides is 5. The van der Waals surface area contributed by atoms with Gasteiger partial charge in [-0.15, -0.1) is 0 Å². The van der Waals surface area contributed by atoms with Crippen molar-refractivity contribution in [2.75, 3.05) is 5.75 Å². The molecule has 0 spiro atoms. The summed E-state index contributed by atoms with van der Waals surface area (Å²) in [5.74, 6) is -5.62. The molecule has 0 aliphatic rings. The van der Waals surface area contributed by atoms with Gasteiger partial charge in [-0.05, 0) is 15.9 Å². The molecule has 0 aromatic heterocycles. The Hall–Kier alpha value is 0.110. The molecule has 0 saturated carbocycles. The Labute approximate surface area is 80.5 Å². The highest BCUT2D eigenvalue weighted by Crippen LogP contribution is 2.41. The zero-order valence-corrected chi connectivity index (χ0v) is 8.51. The van der Waals surface area contributed by atoms with Gasteiger partial charge in [-0.1, -0.05) is 0 Å². The molecule has 0 fully saturated rings. The Morgan fingerprint density at radius 3 is 1.85 bits per heavy atom. The molecule has 9 heteroatoms. The standard InChI is InChI=1S/C4H6BrF4NO2S/c5-4(8,9)3(6,7)1-2-13(10,11)12/h1-2H2,(H2,10,11,12). The minimum Gasteiger partial charge on any atom is -0.229 e. The van der Waals surface area contributed by atoms with Crippen LogP contribution in [0.5, 0.6) is 0 Å². The molecule has 0 atom stereocenters. The van der Waals surface area contributed by atoms with Crippen molar-refractivity contribution in [2.45, 2.75) is 17.2 Å². The minimum absolute atomic E-state index is 1.19. The van der Waals surface area contributed by atoms with Crippen LogP contribution < -0.4 is 5.14 Å². The minimum atomic E-state index is -4.43. The van der Waals surface area contributed by atoms with Crippen molar-refractivity contribution in [3.8, 4) is 0 Å². The Bertz CT molecular complexity index is 272.